The third-order valence-corrected chi connectivity index (χ3v) is 4.64. The Morgan fingerprint density at radius 2 is 1.87 bits per heavy atom. The topological polar surface area (TPSA) is 108 Å². The van der Waals surface area contributed by atoms with Crippen molar-refractivity contribution in [1.29, 1.82) is 0 Å². The van der Waals surface area contributed by atoms with Crippen LogP contribution in [0.3, 0.4) is 0 Å². The lowest BCUT2D eigenvalue weighted by molar-refractivity contribution is -0.388. The van der Waals surface area contributed by atoms with Crippen LogP contribution >= 0.6 is 11.8 Å². The van der Waals surface area contributed by atoms with Gasteiger partial charge in [0.05, 0.1) is 16.9 Å². The van der Waals surface area contributed by atoms with Gasteiger partial charge in [0.15, 0.2) is 11.5 Å². The van der Waals surface area contributed by atoms with Gasteiger partial charge in [0.2, 0.25) is 0 Å². The third kappa shape index (κ3) is 4.54. The molecule has 2 aromatic rings. The van der Waals surface area contributed by atoms with Gasteiger partial charge in [0, 0.05) is 6.07 Å². The van der Waals surface area contributed by atoms with E-state index in [-0.39, 0.29) is 22.2 Å². The van der Waals surface area contributed by atoms with Crippen LogP contribution in [0.5, 0.6) is 17.2 Å². The van der Waals surface area contributed by atoms with Crippen LogP contribution in [0, 0.1) is 10.1 Å². The van der Waals surface area contributed by atoms with Gasteiger partial charge in [0.25, 0.3) is 16.8 Å². The number of methoxy groups -OCH3 is 1. The van der Waals surface area contributed by atoms with Crippen LogP contribution in [0.2, 0.25) is 0 Å². The van der Waals surface area contributed by atoms with Crippen LogP contribution in [0.25, 0.3) is 6.08 Å². The molecule has 0 spiro atoms. The van der Waals surface area contributed by atoms with Crippen molar-refractivity contribution in [1.82, 2.24) is 5.32 Å². The Kier molecular flexibility index (Phi) is 5.69. The molecule has 1 aliphatic rings. The minimum atomic E-state index is -4.95. The van der Waals surface area contributed by atoms with Crippen molar-refractivity contribution in [3.8, 4) is 17.2 Å². The summed E-state index contributed by atoms with van der Waals surface area (Å²) in [7, 11) is 1.30. The number of nitrogens with one attached hydrogen (secondary N) is 1. The number of rotatable bonds is 5. The molecule has 0 bridgehead atoms. The normalized spacial score (nSPS) is 15.3. The summed E-state index contributed by atoms with van der Waals surface area (Å²) in [6.07, 6.45) is -3.51. The Hall–Kier alpha value is -3.54. The molecule has 30 heavy (non-hydrogen) atoms. The average molecular weight is 440 g/mol. The lowest BCUT2D eigenvalue weighted by atomic mass is 10.1. The van der Waals surface area contributed by atoms with Gasteiger partial charge in [0.1, 0.15) is 11.3 Å². The summed E-state index contributed by atoms with van der Waals surface area (Å²) in [4.78, 5) is 32.7. The molecule has 1 saturated heterocycles. The van der Waals surface area contributed by atoms with E-state index in [1.165, 1.54) is 31.4 Å². The molecule has 0 atom stereocenters. The van der Waals surface area contributed by atoms with E-state index in [1.54, 1.807) is 0 Å². The second kappa shape index (κ2) is 8.06. The monoisotopic (exact) mass is 440 g/mol. The number of nitro benzene ring substituents is 1. The van der Waals surface area contributed by atoms with Crippen molar-refractivity contribution < 1.29 is 37.2 Å². The fraction of sp³-hybridized carbons (Fsp3) is 0.111. The smallest absolute Gasteiger partial charge is 0.423 e. The second-order valence-corrected chi connectivity index (χ2v) is 6.81. The van der Waals surface area contributed by atoms with Gasteiger partial charge >= 0.3 is 6.18 Å². The third-order valence-electron chi connectivity index (χ3n) is 3.83. The number of nitro groups is 1. The van der Waals surface area contributed by atoms with E-state index in [0.29, 0.717) is 17.7 Å². The van der Waals surface area contributed by atoms with Crippen molar-refractivity contribution in [3.63, 3.8) is 0 Å². The maximum atomic E-state index is 13.1. The first kappa shape index (κ1) is 21.2. The lowest BCUT2D eigenvalue weighted by Gasteiger charge is -2.13. The van der Waals surface area contributed by atoms with Crippen molar-refractivity contribution in [2.24, 2.45) is 0 Å². The van der Waals surface area contributed by atoms with E-state index in [4.69, 9.17) is 9.47 Å². The molecule has 3 rings (SSSR count). The molecular formula is C18H11F3N2O6S. The van der Waals surface area contributed by atoms with E-state index in [1.807, 2.05) is 0 Å². The number of alkyl halides is 3. The van der Waals surface area contributed by atoms with Crippen molar-refractivity contribution in [2.75, 3.05) is 7.11 Å². The second-order valence-electron chi connectivity index (χ2n) is 5.80. The molecule has 1 heterocycles. The highest BCUT2D eigenvalue weighted by Crippen LogP contribution is 2.40. The zero-order chi connectivity index (χ0) is 22.1. The molecule has 0 radical (unpaired) electrons. The van der Waals surface area contributed by atoms with Gasteiger partial charge in [-0.05, 0) is 47.7 Å². The minimum absolute atomic E-state index is 0.0428. The van der Waals surface area contributed by atoms with Gasteiger partial charge < -0.3 is 9.47 Å². The van der Waals surface area contributed by atoms with Crippen molar-refractivity contribution >= 4 is 34.7 Å². The number of hydrogen-bond donors (Lipinski definition) is 1. The van der Waals surface area contributed by atoms with Crippen LogP contribution < -0.4 is 14.8 Å². The summed E-state index contributed by atoms with van der Waals surface area (Å²) in [5.74, 6) is -0.657. The fourth-order valence-corrected chi connectivity index (χ4v) is 3.20. The minimum Gasteiger partial charge on any atom is -0.493 e. The van der Waals surface area contributed by atoms with E-state index >= 15 is 0 Å². The summed E-state index contributed by atoms with van der Waals surface area (Å²) >= 11 is 0.724. The number of imide groups is 1. The Morgan fingerprint density at radius 1 is 1.13 bits per heavy atom. The first-order valence-electron chi connectivity index (χ1n) is 8.05. The molecule has 2 aromatic carbocycles. The summed E-state index contributed by atoms with van der Waals surface area (Å²) in [5.41, 5.74) is -2.06. The maximum absolute atomic E-state index is 13.1. The van der Waals surface area contributed by atoms with Gasteiger partial charge in [-0.15, -0.1) is 0 Å². The Labute approximate surface area is 170 Å². The number of carbonyl (C=O) groups is 2. The molecule has 12 heteroatoms. The number of ether oxygens (including phenoxy) is 2. The number of nitrogens with zero attached hydrogens (tertiary/aromatic N) is 1. The molecule has 8 nitrogen and oxygen atoms in total. The summed E-state index contributed by atoms with van der Waals surface area (Å²) in [5, 5.41) is 12.5. The molecule has 156 valence electrons. The molecule has 1 fully saturated rings. The molecule has 1 N–H and O–H groups in total. The number of benzene rings is 2. The number of amides is 2. The highest BCUT2D eigenvalue weighted by atomic mass is 32.2. The van der Waals surface area contributed by atoms with Gasteiger partial charge in [-0.3, -0.25) is 25.0 Å². The van der Waals surface area contributed by atoms with Crippen LogP contribution in [-0.2, 0) is 11.0 Å². The molecule has 2 amide bonds. The average Bonchev–Trinajstić information content (AvgIpc) is 2.98. The largest absolute Gasteiger partial charge is 0.493 e. The predicted octanol–water partition coefficient (Wildman–Crippen LogP) is 4.74. The maximum Gasteiger partial charge on any atom is 0.423 e. The van der Waals surface area contributed by atoms with Gasteiger partial charge in [-0.25, -0.2) is 0 Å². The molecule has 0 aromatic heterocycles. The predicted molar refractivity (Wildman–Crippen MR) is 100 cm³/mol. The molecule has 0 unspecified atom stereocenters. The highest BCUT2D eigenvalue weighted by molar-refractivity contribution is 8.18. The molecule has 1 aliphatic heterocycles. The van der Waals surface area contributed by atoms with Crippen LogP contribution in [0.15, 0.2) is 41.3 Å². The highest BCUT2D eigenvalue weighted by Gasteiger charge is 2.38. The zero-order valence-electron chi connectivity index (χ0n) is 15.0. The van der Waals surface area contributed by atoms with E-state index in [0.717, 1.165) is 17.8 Å². The number of halogens is 3. The lowest BCUT2D eigenvalue weighted by Crippen LogP contribution is -2.17. The van der Waals surface area contributed by atoms with Gasteiger partial charge in [-0.2, -0.15) is 13.2 Å². The van der Waals surface area contributed by atoms with Crippen LogP contribution in [0.4, 0.5) is 23.7 Å². The number of thioether (sulfide) groups is 1. The number of carbonyl (C=O) groups excluding carboxylic acids is 2. The first-order valence-corrected chi connectivity index (χ1v) is 8.86. The number of hydrogen-bond acceptors (Lipinski definition) is 7. The summed E-state index contributed by atoms with van der Waals surface area (Å²) < 4.78 is 50.0. The quantitative estimate of drug-likeness (QED) is 0.407. The first-order chi connectivity index (χ1) is 14.1. The Balaban J connectivity index is 1.92. The standard InChI is InChI=1S/C18H11F3N2O6S/c1-28-14-6-9(7-15-16(24)22-17(25)30-15)2-5-13(14)29-10-3-4-12(23(26)27)11(8-10)18(19,20)21/h2-8H,1H3,(H,22,24,25)/b15-7-. The van der Waals surface area contributed by atoms with Crippen LogP contribution in [-0.4, -0.2) is 23.2 Å². The molecular weight excluding hydrogens is 429 g/mol. The van der Waals surface area contributed by atoms with E-state index < -0.39 is 33.5 Å². The fourth-order valence-electron chi connectivity index (χ4n) is 2.52. The zero-order valence-corrected chi connectivity index (χ0v) is 15.8. The van der Waals surface area contributed by atoms with Crippen molar-refractivity contribution in [3.05, 3.63) is 62.5 Å². The SMILES string of the molecule is COc1cc(/C=C2\SC(=O)NC2=O)ccc1Oc1ccc([N+](=O)[O-])c(C(F)(F)F)c1. The van der Waals surface area contributed by atoms with E-state index in [2.05, 4.69) is 5.32 Å². The molecule has 0 saturated carbocycles. The van der Waals surface area contributed by atoms with Gasteiger partial charge in [-0.1, -0.05) is 6.07 Å². The summed E-state index contributed by atoms with van der Waals surface area (Å²) in [6.45, 7) is 0. The van der Waals surface area contributed by atoms with Crippen molar-refractivity contribution in [2.45, 2.75) is 6.18 Å². The Morgan fingerprint density at radius 3 is 2.43 bits per heavy atom. The Bertz CT molecular complexity index is 1080. The van der Waals surface area contributed by atoms with Crippen LogP contribution in [0.1, 0.15) is 11.1 Å². The van der Waals surface area contributed by atoms with E-state index in [9.17, 15) is 32.9 Å². The summed E-state index contributed by atoms with van der Waals surface area (Å²) in [6, 6.07) is 6.61. The molecule has 0 aliphatic carbocycles.